The lowest BCUT2D eigenvalue weighted by molar-refractivity contribution is -0.128. The fourth-order valence-electron chi connectivity index (χ4n) is 2.95. The Balaban J connectivity index is 2.09. The maximum atomic E-state index is 11.5. The van der Waals surface area contributed by atoms with Crippen LogP contribution in [0.25, 0.3) is 0 Å². The molecule has 1 aliphatic carbocycles. The smallest absolute Gasteiger partial charge is 0.407 e. The Hall–Kier alpha value is -1.39. The molecule has 1 heterocycles. The molecule has 2 aliphatic rings. The second-order valence-corrected chi connectivity index (χ2v) is 4.71. The zero-order valence-electron chi connectivity index (χ0n) is 9.02. The predicted octanol–water partition coefficient (Wildman–Crippen LogP) is 0.925. The summed E-state index contributed by atoms with van der Waals surface area (Å²) in [5.74, 6) is -0.470. The summed E-state index contributed by atoms with van der Waals surface area (Å²) < 4.78 is 0. The zero-order valence-corrected chi connectivity index (χ0v) is 9.02. The van der Waals surface area contributed by atoms with Gasteiger partial charge in [-0.2, -0.15) is 0 Å². The zero-order chi connectivity index (χ0) is 11.8. The number of Topliss-reactive ketones (excluding diaryl/α,β-unsaturated/α-hetero) is 1. The van der Waals surface area contributed by atoms with Gasteiger partial charge in [-0.25, -0.2) is 4.79 Å². The van der Waals surface area contributed by atoms with Gasteiger partial charge in [0.25, 0.3) is 0 Å². The minimum atomic E-state index is -0.915. The monoisotopic (exact) mass is 225 g/mol. The Morgan fingerprint density at radius 3 is 2.50 bits per heavy atom. The molecule has 1 saturated heterocycles. The molecule has 0 radical (unpaired) electrons. The Morgan fingerprint density at radius 1 is 1.38 bits per heavy atom. The van der Waals surface area contributed by atoms with Crippen LogP contribution in [0.1, 0.15) is 25.7 Å². The number of carbonyl (C=O) groups excluding carboxylic acids is 2. The Labute approximate surface area is 93.4 Å². The van der Waals surface area contributed by atoms with Crippen LogP contribution in [-0.2, 0) is 9.59 Å². The number of hydrogen-bond acceptors (Lipinski definition) is 3. The van der Waals surface area contributed by atoms with Crippen molar-refractivity contribution in [1.29, 1.82) is 0 Å². The Kier molecular flexibility index (Phi) is 2.69. The average molecular weight is 225 g/mol. The normalized spacial score (nSPS) is 28.4. The number of nitrogens with zero attached hydrogens (tertiary/aromatic N) is 1. The number of carbonyl (C=O) groups is 3. The van der Waals surface area contributed by atoms with E-state index >= 15 is 0 Å². The van der Waals surface area contributed by atoms with E-state index in [-0.39, 0.29) is 11.2 Å². The number of hydrogen-bond donors (Lipinski definition) is 1. The van der Waals surface area contributed by atoms with E-state index in [1.165, 1.54) is 4.90 Å². The van der Waals surface area contributed by atoms with Gasteiger partial charge in [0.05, 0.1) is 5.92 Å². The molecule has 1 unspecified atom stereocenters. The molecule has 16 heavy (non-hydrogen) atoms. The molecule has 0 aromatic rings. The van der Waals surface area contributed by atoms with E-state index in [9.17, 15) is 14.4 Å². The summed E-state index contributed by atoms with van der Waals surface area (Å²) in [5, 5.41) is 8.83. The van der Waals surface area contributed by atoms with Gasteiger partial charge in [-0.05, 0) is 24.7 Å². The highest BCUT2D eigenvalue weighted by atomic mass is 16.4. The van der Waals surface area contributed by atoms with E-state index in [1.807, 2.05) is 0 Å². The molecule has 1 N–H and O–H groups in total. The van der Waals surface area contributed by atoms with Gasteiger partial charge >= 0.3 is 6.09 Å². The first kappa shape index (κ1) is 11.1. The topological polar surface area (TPSA) is 74.7 Å². The van der Waals surface area contributed by atoms with Crippen LogP contribution in [0.15, 0.2) is 0 Å². The number of likely N-dealkylation sites (tertiary alicyclic amines) is 1. The Morgan fingerprint density at radius 2 is 2.00 bits per heavy atom. The van der Waals surface area contributed by atoms with E-state index in [0.717, 1.165) is 12.7 Å². The Bertz CT molecular complexity index is 331. The van der Waals surface area contributed by atoms with Gasteiger partial charge in [-0.3, -0.25) is 4.79 Å². The maximum Gasteiger partial charge on any atom is 0.407 e. The van der Waals surface area contributed by atoms with Gasteiger partial charge in [0.1, 0.15) is 12.1 Å². The predicted molar refractivity (Wildman–Crippen MR) is 55.1 cm³/mol. The van der Waals surface area contributed by atoms with E-state index in [1.54, 1.807) is 0 Å². The summed E-state index contributed by atoms with van der Waals surface area (Å²) in [6.45, 7) is 0.875. The van der Waals surface area contributed by atoms with Crippen LogP contribution in [0, 0.1) is 11.3 Å². The molecule has 5 heteroatoms. The van der Waals surface area contributed by atoms with Crippen LogP contribution in [0.3, 0.4) is 0 Å². The van der Waals surface area contributed by atoms with Crippen molar-refractivity contribution in [2.24, 2.45) is 11.3 Å². The van der Waals surface area contributed by atoms with Crippen LogP contribution < -0.4 is 0 Å². The van der Waals surface area contributed by atoms with Crippen molar-refractivity contribution >= 4 is 18.2 Å². The number of rotatable bonds is 1. The maximum absolute atomic E-state index is 11.5. The van der Waals surface area contributed by atoms with Crippen molar-refractivity contribution in [2.75, 3.05) is 13.1 Å². The molecule has 88 valence electrons. The molecule has 5 nitrogen and oxygen atoms in total. The second kappa shape index (κ2) is 3.88. The number of ketones is 1. The summed E-state index contributed by atoms with van der Waals surface area (Å²) in [6.07, 6.45) is 2.32. The summed E-state index contributed by atoms with van der Waals surface area (Å²) in [7, 11) is 0. The standard InChI is InChI=1S/C11H15NO4/c13-7-8-9(14)1-2-11(8)3-5-12(6-4-11)10(15)16/h7-8H,1-6H2,(H,15,16). The lowest BCUT2D eigenvalue weighted by Gasteiger charge is -2.39. The first-order chi connectivity index (χ1) is 7.59. The van der Waals surface area contributed by atoms with E-state index in [2.05, 4.69) is 0 Å². The van der Waals surface area contributed by atoms with Gasteiger partial charge in [-0.1, -0.05) is 0 Å². The van der Waals surface area contributed by atoms with Crippen molar-refractivity contribution in [3.63, 3.8) is 0 Å². The SMILES string of the molecule is O=CC1C(=O)CCC12CCN(C(=O)O)CC2. The fraction of sp³-hybridized carbons (Fsp3) is 0.727. The highest BCUT2D eigenvalue weighted by molar-refractivity contribution is 5.96. The highest BCUT2D eigenvalue weighted by Gasteiger charge is 2.49. The number of amides is 1. The summed E-state index contributed by atoms with van der Waals surface area (Å²) in [4.78, 5) is 34.6. The molecular weight excluding hydrogens is 210 g/mol. The summed E-state index contributed by atoms with van der Waals surface area (Å²) in [5.41, 5.74) is -0.245. The molecule has 2 fully saturated rings. The van der Waals surface area contributed by atoms with Crippen molar-refractivity contribution in [3.8, 4) is 0 Å². The van der Waals surface area contributed by atoms with Gasteiger partial charge in [0.15, 0.2) is 0 Å². The molecule has 2 rings (SSSR count). The van der Waals surface area contributed by atoms with Crippen LogP contribution in [0.4, 0.5) is 4.79 Å². The molecule has 1 spiro atoms. The minimum absolute atomic E-state index is 0.0266. The number of carboxylic acid groups (broad SMARTS) is 1. The third-order valence-electron chi connectivity index (χ3n) is 4.04. The second-order valence-electron chi connectivity index (χ2n) is 4.71. The molecule has 0 aromatic heterocycles. The lowest BCUT2D eigenvalue weighted by atomic mass is 9.71. The molecule has 1 saturated carbocycles. The quantitative estimate of drug-likeness (QED) is 0.532. The highest BCUT2D eigenvalue weighted by Crippen LogP contribution is 2.47. The van der Waals surface area contributed by atoms with Gasteiger partial charge in [0.2, 0.25) is 0 Å². The van der Waals surface area contributed by atoms with Crippen LogP contribution >= 0.6 is 0 Å². The summed E-state index contributed by atoms with van der Waals surface area (Å²) in [6, 6.07) is 0. The molecule has 1 aliphatic heterocycles. The van der Waals surface area contributed by atoms with Crippen molar-refractivity contribution in [2.45, 2.75) is 25.7 Å². The number of aldehydes is 1. The van der Waals surface area contributed by atoms with Crippen molar-refractivity contribution < 1.29 is 19.5 Å². The van der Waals surface area contributed by atoms with Crippen LogP contribution in [-0.4, -0.2) is 41.3 Å². The third kappa shape index (κ3) is 1.60. The van der Waals surface area contributed by atoms with Gasteiger partial charge < -0.3 is 14.8 Å². The largest absolute Gasteiger partial charge is 0.465 e. The van der Waals surface area contributed by atoms with E-state index in [4.69, 9.17) is 5.11 Å². The van der Waals surface area contributed by atoms with Gasteiger partial charge in [0, 0.05) is 19.5 Å². The molecule has 1 amide bonds. The average Bonchev–Trinajstić information content (AvgIpc) is 2.56. The molecule has 1 atom stereocenters. The fourth-order valence-corrected chi connectivity index (χ4v) is 2.95. The van der Waals surface area contributed by atoms with Crippen molar-refractivity contribution in [3.05, 3.63) is 0 Å². The minimum Gasteiger partial charge on any atom is -0.465 e. The molecule has 0 bridgehead atoms. The third-order valence-corrected chi connectivity index (χ3v) is 4.04. The van der Waals surface area contributed by atoms with Gasteiger partial charge in [-0.15, -0.1) is 0 Å². The van der Waals surface area contributed by atoms with E-state index in [0.29, 0.717) is 32.4 Å². The van der Waals surface area contributed by atoms with E-state index < -0.39 is 12.0 Å². The molecular formula is C11H15NO4. The molecule has 0 aromatic carbocycles. The first-order valence-electron chi connectivity index (χ1n) is 5.55. The summed E-state index contributed by atoms with van der Waals surface area (Å²) >= 11 is 0. The van der Waals surface area contributed by atoms with Crippen LogP contribution in [0.2, 0.25) is 0 Å². The first-order valence-corrected chi connectivity index (χ1v) is 5.55. The lowest BCUT2D eigenvalue weighted by Crippen LogP contribution is -2.45. The number of piperidine rings is 1. The van der Waals surface area contributed by atoms with Crippen LogP contribution in [0.5, 0.6) is 0 Å². The van der Waals surface area contributed by atoms with Crippen molar-refractivity contribution in [1.82, 2.24) is 4.90 Å².